The van der Waals surface area contributed by atoms with Gasteiger partial charge in [-0.3, -0.25) is 24.0 Å². The third-order valence-electron chi connectivity index (χ3n) is 5.26. The maximum Gasteiger partial charge on any atom is 0.325 e. The lowest BCUT2D eigenvalue weighted by atomic mass is 9.96. The number of carbonyl (C=O) groups excluding carboxylic acids is 3. The summed E-state index contributed by atoms with van der Waals surface area (Å²) in [5.74, 6) is -5.22. The summed E-state index contributed by atoms with van der Waals surface area (Å²) in [5, 5.41) is 34.7. The largest absolute Gasteiger partial charge is 0.508 e. The molecular formula is C22H32N4O8. The van der Waals surface area contributed by atoms with Gasteiger partial charge >= 0.3 is 11.9 Å². The van der Waals surface area contributed by atoms with Crippen molar-refractivity contribution in [3.8, 4) is 5.75 Å². The molecule has 0 bridgehead atoms. The number of benzene rings is 1. The fraction of sp³-hybridized carbons (Fsp3) is 0.500. The zero-order valence-electron chi connectivity index (χ0n) is 19.3. The minimum atomic E-state index is -1.40. The molecule has 0 aromatic heterocycles. The fourth-order valence-electron chi connectivity index (χ4n) is 2.96. The van der Waals surface area contributed by atoms with Crippen molar-refractivity contribution in [2.75, 3.05) is 0 Å². The number of carbonyl (C=O) groups is 5. The van der Waals surface area contributed by atoms with Crippen LogP contribution in [-0.2, 0) is 30.4 Å². The van der Waals surface area contributed by atoms with Gasteiger partial charge in [-0.2, -0.15) is 0 Å². The predicted octanol–water partition coefficient (Wildman–Crippen LogP) is -0.658. The van der Waals surface area contributed by atoms with Crippen molar-refractivity contribution in [3.63, 3.8) is 0 Å². The van der Waals surface area contributed by atoms with Crippen molar-refractivity contribution < 1.29 is 39.3 Å². The van der Waals surface area contributed by atoms with Crippen LogP contribution in [0.2, 0.25) is 0 Å². The summed E-state index contributed by atoms with van der Waals surface area (Å²) < 4.78 is 0. The molecule has 1 aromatic carbocycles. The van der Waals surface area contributed by atoms with Gasteiger partial charge in [0, 0.05) is 6.42 Å². The summed E-state index contributed by atoms with van der Waals surface area (Å²) in [6.07, 6.45) is -0.208. The normalized spacial score (nSPS) is 15.2. The Morgan fingerprint density at radius 3 is 2.00 bits per heavy atom. The van der Waals surface area contributed by atoms with Crippen molar-refractivity contribution >= 4 is 29.7 Å². The molecule has 5 unspecified atom stereocenters. The van der Waals surface area contributed by atoms with Crippen LogP contribution in [0.3, 0.4) is 0 Å². The van der Waals surface area contributed by atoms with Gasteiger partial charge in [-0.15, -0.1) is 0 Å². The number of carboxylic acid groups (broad SMARTS) is 2. The number of nitrogens with two attached hydrogens (primary N) is 1. The lowest BCUT2D eigenvalue weighted by Crippen LogP contribution is -2.59. The van der Waals surface area contributed by atoms with E-state index < -0.39 is 60.2 Å². The van der Waals surface area contributed by atoms with E-state index in [0.29, 0.717) is 12.0 Å². The minimum Gasteiger partial charge on any atom is -0.508 e. The number of nitrogens with one attached hydrogen (secondary N) is 3. The molecule has 0 aliphatic heterocycles. The molecule has 0 fully saturated rings. The molecule has 0 spiro atoms. The number of aliphatic carboxylic acids is 2. The smallest absolute Gasteiger partial charge is 0.325 e. The van der Waals surface area contributed by atoms with Gasteiger partial charge in [0.05, 0.1) is 12.5 Å². The number of carboxylic acids is 2. The fourth-order valence-corrected chi connectivity index (χ4v) is 2.96. The molecule has 188 valence electrons. The molecule has 5 atom stereocenters. The van der Waals surface area contributed by atoms with Crippen LogP contribution in [0.5, 0.6) is 5.75 Å². The molecular weight excluding hydrogens is 448 g/mol. The van der Waals surface area contributed by atoms with Gasteiger partial charge in [0.15, 0.2) is 0 Å². The molecule has 0 radical (unpaired) electrons. The van der Waals surface area contributed by atoms with E-state index in [1.165, 1.54) is 31.2 Å². The van der Waals surface area contributed by atoms with Crippen molar-refractivity contribution in [3.05, 3.63) is 29.8 Å². The maximum absolute atomic E-state index is 13.1. The Hall–Kier alpha value is -3.67. The summed E-state index contributed by atoms with van der Waals surface area (Å²) in [4.78, 5) is 60.2. The van der Waals surface area contributed by atoms with Gasteiger partial charge in [0.2, 0.25) is 17.7 Å². The van der Waals surface area contributed by atoms with E-state index in [-0.39, 0.29) is 18.1 Å². The Morgan fingerprint density at radius 1 is 0.912 bits per heavy atom. The van der Waals surface area contributed by atoms with E-state index in [0.717, 1.165) is 0 Å². The number of phenolic OH excluding ortho intramolecular Hbond substituents is 1. The summed E-state index contributed by atoms with van der Waals surface area (Å²) in [6, 6.07) is 0.948. The van der Waals surface area contributed by atoms with Crippen LogP contribution < -0.4 is 21.7 Å². The van der Waals surface area contributed by atoms with Gasteiger partial charge in [-0.1, -0.05) is 32.4 Å². The first-order chi connectivity index (χ1) is 15.8. The van der Waals surface area contributed by atoms with Crippen LogP contribution in [0.15, 0.2) is 24.3 Å². The second kappa shape index (κ2) is 13.1. The molecule has 3 amide bonds. The van der Waals surface area contributed by atoms with Gasteiger partial charge in [-0.25, -0.2) is 0 Å². The molecule has 34 heavy (non-hydrogen) atoms. The third-order valence-corrected chi connectivity index (χ3v) is 5.26. The zero-order valence-corrected chi connectivity index (χ0v) is 19.3. The number of amides is 3. The van der Waals surface area contributed by atoms with Crippen molar-refractivity contribution in [2.24, 2.45) is 11.7 Å². The molecule has 0 aliphatic carbocycles. The lowest BCUT2D eigenvalue weighted by Gasteiger charge is -2.27. The van der Waals surface area contributed by atoms with Gasteiger partial charge in [0.1, 0.15) is 23.9 Å². The Bertz CT molecular complexity index is 889. The van der Waals surface area contributed by atoms with Crippen molar-refractivity contribution in [1.29, 1.82) is 0 Å². The van der Waals surface area contributed by atoms with E-state index >= 15 is 0 Å². The Kier molecular flexibility index (Phi) is 11.0. The van der Waals surface area contributed by atoms with E-state index in [1.54, 1.807) is 13.8 Å². The lowest BCUT2D eigenvalue weighted by molar-refractivity contribution is -0.142. The molecule has 0 heterocycles. The van der Waals surface area contributed by atoms with Gasteiger partial charge in [-0.05, 0) is 30.5 Å². The summed E-state index contributed by atoms with van der Waals surface area (Å²) in [6.45, 7) is 4.78. The molecule has 12 heteroatoms. The van der Waals surface area contributed by atoms with Crippen LogP contribution in [-0.4, -0.2) is 69.1 Å². The summed E-state index contributed by atoms with van der Waals surface area (Å²) >= 11 is 0. The van der Waals surface area contributed by atoms with Gasteiger partial charge < -0.3 is 37.0 Å². The first kappa shape index (κ1) is 28.4. The summed E-state index contributed by atoms with van der Waals surface area (Å²) in [5.41, 5.74) is 6.17. The van der Waals surface area contributed by atoms with Crippen LogP contribution >= 0.6 is 0 Å². The summed E-state index contributed by atoms with van der Waals surface area (Å²) in [7, 11) is 0. The topological polar surface area (TPSA) is 208 Å². The zero-order chi connectivity index (χ0) is 26.0. The minimum absolute atomic E-state index is 0.00155. The molecule has 0 saturated carbocycles. The van der Waals surface area contributed by atoms with Crippen LogP contribution in [0.1, 0.15) is 39.2 Å². The molecule has 12 nitrogen and oxygen atoms in total. The van der Waals surface area contributed by atoms with Crippen molar-refractivity contribution in [2.45, 2.75) is 64.2 Å². The Morgan fingerprint density at radius 2 is 1.50 bits per heavy atom. The molecule has 1 aromatic rings. The molecule has 1 rings (SSSR count). The predicted molar refractivity (Wildman–Crippen MR) is 121 cm³/mol. The number of hydrogen-bond donors (Lipinski definition) is 7. The Labute approximate surface area is 196 Å². The monoisotopic (exact) mass is 480 g/mol. The van der Waals surface area contributed by atoms with Crippen LogP contribution in [0.25, 0.3) is 0 Å². The third kappa shape index (κ3) is 9.06. The SMILES string of the molecule is CCC(C)C(NC(=O)C(Cc1ccc(O)cc1)NC(=O)C(N)CC(=O)O)C(=O)NC(C)C(=O)O. The highest BCUT2D eigenvalue weighted by atomic mass is 16.4. The average Bonchev–Trinajstić information content (AvgIpc) is 2.76. The highest BCUT2D eigenvalue weighted by Gasteiger charge is 2.32. The standard InChI is InChI=1S/C22H32N4O8/c1-4-11(2)18(21(32)24-12(3)22(33)34)26-20(31)16(9-13-5-7-14(27)8-6-13)25-19(30)15(23)10-17(28)29/h5-8,11-12,15-16,18,27H,4,9-10,23H2,1-3H3,(H,24,32)(H,25,30)(H,26,31)(H,28,29)(H,33,34). The van der Waals surface area contributed by atoms with E-state index in [4.69, 9.17) is 15.9 Å². The number of hydrogen-bond acceptors (Lipinski definition) is 7. The first-order valence-electron chi connectivity index (χ1n) is 10.7. The van der Waals surface area contributed by atoms with Gasteiger partial charge in [0.25, 0.3) is 0 Å². The van der Waals surface area contributed by atoms with Crippen molar-refractivity contribution in [1.82, 2.24) is 16.0 Å². The van der Waals surface area contributed by atoms with E-state index in [1.807, 2.05) is 0 Å². The quantitative estimate of drug-likeness (QED) is 0.191. The number of aromatic hydroxyl groups is 1. The molecule has 0 aliphatic rings. The number of rotatable bonds is 13. The van der Waals surface area contributed by atoms with Crippen LogP contribution in [0.4, 0.5) is 0 Å². The van der Waals surface area contributed by atoms with E-state index in [9.17, 15) is 29.1 Å². The average molecular weight is 481 g/mol. The van der Waals surface area contributed by atoms with Crippen LogP contribution in [0, 0.1) is 5.92 Å². The Balaban J connectivity index is 3.12. The second-order valence-electron chi connectivity index (χ2n) is 8.08. The number of phenols is 1. The highest BCUT2D eigenvalue weighted by Crippen LogP contribution is 2.13. The maximum atomic E-state index is 13.1. The second-order valence-corrected chi connectivity index (χ2v) is 8.08. The highest BCUT2D eigenvalue weighted by molar-refractivity contribution is 5.95. The molecule has 8 N–H and O–H groups in total. The first-order valence-corrected chi connectivity index (χ1v) is 10.7. The molecule has 0 saturated heterocycles. The van der Waals surface area contributed by atoms with E-state index in [2.05, 4.69) is 16.0 Å².